The topological polar surface area (TPSA) is 52.8 Å². The molecule has 2 aromatic heterocycles. The van der Waals surface area contributed by atoms with Crippen LogP contribution in [0.5, 0.6) is 17.2 Å². The molecule has 0 spiro atoms. The maximum atomic E-state index is 13.6. The van der Waals surface area contributed by atoms with Gasteiger partial charge in [0.25, 0.3) is 0 Å². The smallest absolute Gasteiger partial charge is 0.201 e. The second kappa shape index (κ2) is 7.64. The lowest BCUT2D eigenvalue weighted by atomic mass is 10.1. The third-order valence-corrected chi connectivity index (χ3v) is 5.96. The zero-order valence-electron chi connectivity index (χ0n) is 18.0. The van der Waals surface area contributed by atoms with Crippen molar-refractivity contribution in [2.45, 2.75) is 6.42 Å². The monoisotopic (exact) mass is 432 g/mol. The molecule has 0 saturated heterocycles. The second-order valence-corrected chi connectivity index (χ2v) is 7.96. The lowest BCUT2D eigenvalue weighted by molar-refractivity contribution is 0.414. The maximum Gasteiger partial charge on any atom is 0.201 e. The molecule has 0 saturated carbocycles. The predicted molar refractivity (Wildman–Crippen MR) is 130 cm³/mol. The van der Waals surface area contributed by atoms with E-state index in [-0.39, 0.29) is 5.43 Å². The first-order chi connectivity index (χ1) is 16.2. The number of nitrogens with zero attached hydrogens (tertiary/aromatic N) is 2. The summed E-state index contributed by atoms with van der Waals surface area (Å²) < 4.78 is 13.5. The minimum Gasteiger partial charge on any atom is -0.497 e. The van der Waals surface area contributed by atoms with Crippen LogP contribution in [0.15, 0.2) is 95.8 Å². The normalized spacial score (nSPS) is 11.4. The zero-order chi connectivity index (χ0) is 22.4. The number of hydrogen-bond donors (Lipinski definition) is 0. The van der Waals surface area contributed by atoms with Crippen LogP contribution in [0.3, 0.4) is 0 Å². The summed E-state index contributed by atoms with van der Waals surface area (Å²) in [4.78, 5) is 18.5. The molecule has 0 radical (unpaired) electrons. The highest BCUT2D eigenvalue weighted by atomic mass is 16.5. The molecule has 33 heavy (non-hydrogen) atoms. The molecule has 0 fully saturated rings. The summed E-state index contributed by atoms with van der Waals surface area (Å²) in [5.41, 5.74) is 3.47. The highest BCUT2D eigenvalue weighted by Crippen LogP contribution is 2.34. The van der Waals surface area contributed by atoms with E-state index < -0.39 is 0 Å². The van der Waals surface area contributed by atoms with Crippen molar-refractivity contribution >= 4 is 27.3 Å². The van der Waals surface area contributed by atoms with E-state index in [0.29, 0.717) is 28.7 Å². The first-order valence-corrected chi connectivity index (χ1v) is 10.8. The summed E-state index contributed by atoms with van der Waals surface area (Å²) in [5, 5.41) is 1.19. The summed E-state index contributed by atoms with van der Waals surface area (Å²) in [6, 6.07) is 28.9. The van der Waals surface area contributed by atoms with E-state index >= 15 is 0 Å². The van der Waals surface area contributed by atoms with E-state index in [2.05, 4.69) is 4.40 Å². The maximum absolute atomic E-state index is 13.6. The van der Waals surface area contributed by atoms with Gasteiger partial charge in [-0.3, -0.25) is 9.20 Å². The Kier molecular flexibility index (Phi) is 4.47. The molecule has 0 amide bonds. The summed E-state index contributed by atoms with van der Waals surface area (Å²) in [6.45, 7) is 0. The number of para-hydroxylation sites is 2. The molecule has 6 rings (SSSR count). The van der Waals surface area contributed by atoms with Crippen LogP contribution in [0.25, 0.3) is 27.3 Å². The fourth-order valence-corrected chi connectivity index (χ4v) is 4.42. The van der Waals surface area contributed by atoms with Crippen LogP contribution in [-0.2, 0) is 6.42 Å². The molecule has 0 atom stereocenters. The molecule has 4 aromatic carbocycles. The van der Waals surface area contributed by atoms with Crippen LogP contribution in [0.1, 0.15) is 11.4 Å². The molecular weight excluding hydrogens is 412 g/mol. The second-order valence-electron chi connectivity index (χ2n) is 7.96. The number of pyridine rings is 1. The number of methoxy groups -OCH3 is 1. The van der Waals surface area contributed by atoms with Gasteiger partial charge in [-0.1, -0.05) is 42.5 Å². The van der Waals surface area contributed by atoms with Gasteiger partial charge in [-0.05, 0) is 54.1 Å². The molecule has 0 N–H and O–H groups in total. The lowest BCUT2D eigenvalue weighted by Crippen LogP contribution is -2.09. The summed E-state index contributed by atoms with van der Waals surface area (Å²) in [7, 11) is 1.66. The van der Waals surface area contributed by atoms with Crippen LogP contribution >= 0.6 is 0 Å². The quantitative estimate of drug-likeness (QED) is 0.322. The Morgan fingerprint density at radius 1 is 0.818 bits per heavy atom. The van der Waals surface area contributed by atoms with Gasteiger partial charge < -0.3 is 9.47 Å². The molecular formula is C28H20N2O3. The van der Waals surface area contributed by atoms with Crippen molar-refractivity contribution in [3.05, 3.63) is 113 Å². The largest absolute Gasteiger partial charge is 0.497 e. The molecule has 2 heterocycles. The number of fused-ring (bicyclic) bond motifs is 2. The Labute approximate surface area is 189 Å². The highest BCUT2D eigenvalue weighted by molar-refractivity contribution is 6.04. The molecule has 0 aliphatic heterocycles. The Morgan fingerprint density at radius 2 is 1.58 bits per heavy atom. The molecule has 160 valence electrons. The van der Waals surface area contributed by atoms with Crippen molar-refractivity contribution in [1.82, 2.24) is 9.38 Å². The Hall–Kier alpha value is -4.38. The standard InChI is InChI=1S/C28H20N2O3/c1-32-19-13-11-18(12-14-19)17-25-29-22-15-16-24(33-20-7-3-2-4-8-20)26-27(22)30(25)23-10-6-5-9-21(23)28(26)31/h2-16H,17H2,1H3. The summed E-state index contributed by atoms with van der Waals surface area (Å²) in [5.74, 6) is 2.90. The fourth-order valence-electron chi connectivity index (χ4n) is 4.42. The molecule has 0 bridgehead atoms. The van der Waals surface area contributed by atoms with E-state index in [9.17, 15) is 4.79 Å². The van der Waals surface area contributed by atoms with E-state index in [0.717, 1.165) is 33.7 Å². The van der Waals surface area contributed by atoms with Crippen molar-refractivity contribution < 1.29 is 9.47 Å². The molecule has 0 aliphatic rings. The van der Waals surface area contributed by atoms with Crippen LogP contribution < -0.4 is 14.9 Å². The minimum atomic E-state index is -0.0504. The molecule has 0 aliphatic carbocycles. The van der Waals surface area contributed by atoms with Gasteiger partial charge in [-0.2, -0.15) is 0 Å². The van der Waals surface area contributed by atoms with Crippen LogP contribution in [0.4, 0.5) is 0 Å². The average molecular weight is 432 g/mol. The zero-order valence-corrected chi connectivity index (χ0v) is 18.0. The number of imidazole rings is 1. The highest BCUT2D eigenvalue weighted by Gasteiger charge is 2.21. The molecule has 6 aromatic rings. The van der Waals surface area contributed by atoms with Gasteiger partial charge >= 0.3 is 0 Å². The predicted octanol–water partition coefficient (Wildman–Crippen LogP) is 5.83. The lowest BCUT2D eigenvalue weighted by Gasteiger charge is -2.12. The van der Waals surface area contributed by atoms with Crippen molar-refractivity contribution in [2.75, 3.05) is 7.11 Å². The number of aromatic nitrogens is 2. The van der Waals surface area contributed by atoms with Gasteiger partial charge in [-0.25, -0.2) is 4.98 Å². The van der Waals surface area contributed by atoms with E-state index in [4.69, 9.17) is 14.5 Å². The number of rotatable bonds is 5. The fraction of sp³-hybridized carbons (Fsp3) is 0.0714. The third-order valence-electron chi connectivity index (χ3n) is 5.96. The van der Waals surface area contributed by atoms with E-state index in [1.807, 2.05) is 91.0 Å². The van der Waals surface area contributed by atoms with Crippen LogP contribution in [0, 0.1) is 0 Å². The third kappa shape index (κ3) is 3.17. The van der Waals surface area contributed by atoms with E-state index in [1.165, 1.54) is 0 Å². The number of hydrogen-bond acceptors (Lipinski definition) is 4. The van der Waals surface area contributed by atoms with Gasteiger partial charge in [0, 0.05) is 11.8 Å². The Balaban J connectivity index is 1.61. The van der Waals surface area contributed by atoms with Crippen molar-refractivity contribution in [3.8, 4) is 17.2 Å². The van der Waals surface area contributed by atoms with Gasteiger partial charge in [-0.15, -0.1) is 0 Å². The van der Waals surface area contributed by atoms with Gasteiger partial charge in [0.15, 0.2) is 0 Å². The summed E-state index contributed by atoms with van der Waals surface area (Å²) >= 11 is 0. The molecule has 5 heteroatoms. The van der Waals surface area contributed by atoms with Crippen LogP contribution in [-0.4, -0.2) is 16.5 Å². The first kappa shape index (κ1) is 19.3. The minimum absolute atomic E-state index is 0.0504. The van der Waals surface area contributed by atoms with Crippen molar-refractivity contribution in [2.24, 2.45) is 0 Å². The van der Waals surface area contributed by atoms with Crippen LogP contribution in [0.2, 0.25) is 0 Å². The summed E-state index contributed by atoms with van der Waals surface area (Å²) in [6.07, 6.45) is 0.621. The van der Waals surface area contributed by atoms with Gasteiger partial charge in [0.1, 0.15) is 23.1 Å². The molecule has 5 nitrogen and oxygen atoms in total. The number of ether oxygens (including phenoxy) is 2. The molecule has 0 unspecified atom stereocenters. The van der Waals surface area contributed by atoms with Gasteiger partial charge in [0.05, 0.1) is 29.0 Å². The van der Waals surface area contributed by atoms with Crippen molar-refractivity contribution in [1.29, 1.82) is 0 Å². The first-order valence-electron chi connectivity index (χ1n) is 10.8. The van der Waals surface area contributed by atoms with E-state index in [1.54, 1.807) is 7.11 Å². The van der Waals surface area contributed by atoms with Gasteiger partial charge in [0.2, 0.25) is 5.43 Å². The van der Waals surface area contributed by atoms with Crippen molar-refractivity contribution in [3.63, 3.8) is 0 Å². The Morgan fingerprint density at radius 3 is 2.36 bits per heavy atom. The SMILES string of the molecule is COc1ccc(Cc2nc3ccc(Oc4ccccc4)c4c(=O)c5ccccc5n2c34)cc1. The average Bonchev–Trinajstić information content (AvgIpc) is 3.22. The Bertz CT molecular complexity index is 1660. The number of benzene rings is 4.